The van der Waals surface area contributed by atoms with Crippen LogP contribution in [0.2, 0.25) is 0 Å². The highest BCUT2D eigenvalue weighted by Crippen LogP contribution is 2.13. The third-order valence-electron chi connectivity index (χ3n) is 2.41. The summed E-state index contributed by atoms with van der Waals surface area (Å²) >= 11 is 0. The number of nitrogens with zero attached hydrogens (tertiary/aromatic N) is 2. The Morgan fingerprint density at radius 1 is 1.08 bits per heavy atom. The molecule has 0 atom stereocenters. The molecule has 0 fully saturated rings. The van der Waals surface area contributed by atoms with E-state index in [0.717, 1.165) is 19.3 Å². The van der Waals surface area contributed by atoms with Crippen LogP contribution < -0.4 is 0 Å². The first-order valence-electron chi connectivity index (χ1n) is 4.89. The zero-order valence-corrected chi connectivity index (χ0v) is 7.74. The molecular formula is C11H14N2. The normalized spacial score (nSPS) is 19.4. The second-order valence-corrected chi connectivity index (χ2v) is 3.40. The van der Waals surface area contributed by atoms with Crippen molar-refractivity contribution in [1.29, 1.82) is 0 Å². The molecule has 68 valence electrons. The second-order valence-electron chi connectivity index (χ2n) is 3.40. The zero-order valence-electron chi connectivity index (χ0n) is 7.74. The van der Waals surface area contributed by atoms with Gasteiger partial charge in [-0.15, -0.1) is 0 Å². The van der Waals surface area contributed by atoms with E-state index in [1.165, 1.54) is 24.1 Å². The van der Waals surface area contributed by atoms with E-state index in [2.05, 4.69) is 22.1 Å². The van der Waals surface area contributed by atoms with Gasteiger partial charge >= 0.3 is 0 Å². The van der Waals surface area contributed by atoms with Gasteiger partial charge in [0, 0.05) is 11.9 Å². The maximum atomic E-state index is 4.32. The fourth-order valence-corrected chi connectivity index (χ4v) is 1.68. The molecule has 2 rings (SSSR count). The molecule has 0 spiro atoms. The predicted molar refractivity (Wildman–Crippen MR) is 52.4 cm³/mol. The largest absolute Gasteiger partial charge is 0.245 e. The molecule has 13 heavy (non-hydrogen) atoms. The van der Waals surface area contributed by atoms with Gasteiger partial charge in [-0.25, -0.2) is 9.97 Å². The van der Waals surface area contributed by atoms with Crippen LogP contribution in [0.15, 0.2) is 24.7 Å². The molecule has 0 amide bonds. The van der Waals surface area contributed by atoms with Crippen molar-refractivity contribution in [1.82, 2.24) is 9.97 Å². The third kappa shape index (κ3) is 2.14. The minimum atomic E-state index is 1.09. The molecule has 0 bridgehead atoms. The molecular weight excluding hydrogens is 160 g/mol. The number of rotatable bonds is 0. The SMILES string of the molecule is C1=C\CCc2cncnc2CCC/1. The topological polar surface area (TPSA) is 25.8 Å². The van der Waals surface area contributed by atoms with Crippen molar-refractivity contribution in [3.8, 4) is 0 Å². The van der Waals surface area contributed by atoms with E-state index in [-0.39, 0.29) is 0 Å². The highest BCUT2D eigenvalue weighted by Gasteiger charge is 2.03. The third-order valence-corrected chi connectivity index (χ3v) is 2.41. The molecule has 1 aliphatic carbocycles. The standard InChI is InChI=1S/C11H14N2/c1-2-4-6-10-8-12-9-13-11(10)7-5-3-1/h1-2,8-9H,3-7H2/b2-1-. The Kier molecular flexibility index (Phi) is 2.70. The maximum absolute atomic E-state index is 4.32. The molecule has 2 heteroatoms. The van der Waals surface area contributed by atoms with Crippen molar-refractivity contribution < 1.29 is 0 Å². The van der Waals surface area contributed by atoms with Gasteiger partial charge in [0.2, 0.25) is 0 Å². The van der Waals surface area contributed by atoms with Gasteiger partial charge in [-0.05, 0) is 37.7 Å². The molecule has 1 heterocycles. The predicted octanol–water partition coefficient (Wildman–Crippen LogP) is 2.30. The van der Waals surface area contributed by atoms with Crippen LogP contribution >= 0.6 is 0 Å². The lowest BCUT2D eigenvalue weighted by molar-refractivity contribution is 0.800. The average Bonchev–Trinajstić information content (AvgIpc) is 2.28. The molecule has 0 saturated heterocycles. The number of fused-ring (bicyclic) bond motifs is 1. The van der Waals surface area contributed by atoms with Gasteiger partial charge in [-0.2, -0.15) is 0 Å². The van der Waals surface area contributed by atoms with Gasteiger partial charge in [0.15, 0.2) is 0 Å². The Bertz CT molecular complexity index is 305. The van der Waals surface area contributed by atoms with Gasteiger partial charge in [-0.3, -0.25) is 0 Å². The first-order valence-corrected chi connectivity index (χ1v) is 4.89. The first-order chi connectivity index (χ1) is 6.47. The molecule has 1 aliphatic rings. The molecule has 0 aliphatic heterocycles. The van der Waals surface area contributed by atoms with Crippen molar-refractivity contribution >= 4 is 0 Å². The molecule has 1 aromatic heterocycles. The van der Waals surface area contributed by atoms with Crippen molar-refractivity contribution in [3.05, 3.63) is 35.9 Å². The number of allylic oxidation sites excluding steroid dienone is 2. The van der Waals surface area contributed by atoms with Crippen LogP contribution in [0.25, 0.3) is 0 Å². The van der Waals surface area contributed by atoms with Crippen molar-refractivity contribution in [2.75, 3.05) is 0 Å². The minimum absolute atomic E-state index is 1.09. The summed E-state index contributed by atoms with van der Waals surface area (Å²) in [6, 6.07) is 0. The van der Waals surface area contributed by atoms with Crippen molar-refractivity contribution in [2.45, 2.75) is 32.1 Å². The second kappa shape index (κ2) is 4.17. The number of aryl methyl sites for hydroxylation is 2. The number of hydrogen-bond donors (Lipinski definition) is 0. The Balaban J connectivity index is 2.22. The van der Waals surface area contributed by atoms with Crippen LogP contribution in [0, 0.1) is 0 Å². The highest BCUT2D eigenvalue weighted by molar-refractivity contribution is 5.17. The first kappa shape index (κ1) is 8.42. The van der Waals surface area contributed by atoms with Gasteiger partial charge < -0.3 is 0 Å². The summed E-state index contributed by atoms with van der Waals surface area (Å²) < 4.78 is 0. The Morgan fingerprint density at radius 3 is 3.00 bits per heavy atom. The molecule has 1 aromatic rings. The molecule has 0 N–H and O–H groups in total. The monoisotopic (exact) mass is 174 g/mol. The smallest absolute Gasteiger partial charge is 0.115 e. The maximum Gasteiger partial charge on any atom is 0.115 e. The van der Waals surface area contributed by atoms with Crippen LogP contribution in [0.4, 0.5) is 0 Å². The Morgan fingerprint density at radius 2 is 2.00 bits per heavy atom. The molecule has 0 radical (unpaired) electrons. The minimum Gasteiger partial charge on any atom is -0.245 e. The Hall–Kier alpha value is -1.18. The molecule has 2 nitrogen and oxygen atoms in total. The van der Waals surface area contributed by atoms with E-state index in [4.69, 9.17) is 0 Å². The molecule has 0 unspecified atom stereocenters. The van der Waals surface area contributed by atoms with Gasteiger partial charge in [0.25, 0.3) is 0 Å². The summed E-state index contributed by atoms with van der Waals surface area (Å²) in [5.41, 5.74) is 2.58. The van der Waals surface area contributed by atoms with Crippen LogP contribution in [0.3, 0.4) is 0 Å². The van der Waals surface area contributed by atoms with E-state index in [9.17, 15) is 0 Å². The van der Waals surface area contributed by atoms with E-state index in [1.807, 2.05) is 6.20 Å². The number of aromatic nitrogens is 2. The lowest BCUT2D eigenvalue weighted by Crippen LogP contribution is -1.98. The Labute approximate surface area is 78.7 Å². The van der Waals surface area contributed by atoms with Crippen molar-refractivity contribution in [3.63, 3.8) is 0 Å². The number of hydrogen-bond acceptors (Lipinski definition) is 2. The molecule has 0 saturated carbocycles. The summed E-state index contributed by atoms with van der Waals surface area (Å²) in [5.74, 6) is 0. The van der Waals surface area contributed by atoms with E-state index in [1.54, 1.807) is 6.33 Å². The van der Waals surface area contributed by atoms with Crippen LogP contribution in [0.1, 0.15) is 30.5 Å². The van der Waals surface area contributed by atoms with Crippen LogP contribution in [0.5, 0.6) is 0 Å². The highest BCUT2D eigenvalue weighted by atomic mass is 14.8. The summed E-state index contributed by atoms with van der Waals surface area (Å²) in [6.45, 7) is 0. The van der Waals surface area contributed by atoms with Crippen molar-refractivity contribution in [2.24, 2.45) is 0 Å². The zero-order chi connectivity index (χ0) is 8.93. The summed E-state index contributed by atoms with van der Waals surface area (Å²) in [7, 11) is 0. The fraction of sp³-hybridized carbons (Fsp3) is 0.455. The fourth-order valence-electron chi connectivity index (χ4n) is 1.68. The lowest BCUT2D eigenvalue weighted by Gasteiger charge is -2.04. The van der Waals surface area contributed by atoms with E-state index >= 15 is 0 Å². The van der Waals surface area contributed by atoms with E-state index < -0.39 is 0 Å². The van der Waals surface area contributed by atoms with Gasteiger partial charge in [0.1, 0.15) is 6.33 Å². The average molecular weight is 174 g/mol. The summed E-state index contributed by atoms with van der Waals surface area (Å²) in [5, 5.41) is 0. The van der Waals surface area contributed by atoms with Gasteiger partial charge in [-0.1, -0.05) is 12.2 Å². The summed E-state index contributed by atoms with van der Waals surface area (Å²) in [4.78, 5) is 8.39. The quantitative estimate of drug-likeness (QED) is 0.564. The van der Waals surface area contributed by atoms with E-state index in [0.29, 0.717) is 0 Å². The van der Waals surface area contributed by atoms with Crippen LogP contribution in [-0.4, -0.2) is 9.97 Å². The lowest BCUT2D eigenvalue weighted by atomic mass is 10.1. The van der Waals surface area contributed by atoms with Gasteiger partial charge in [0.05, 0.1) is 0 Å². The molecule has 0 aromatic carbocycles. The summed E-state index contributed by atoms with van der Waals surface area (Å²) in [6.07, 6.45) is 13.9. The van der Waals surface area contributed by atoms with Crippen LogP contribution in [-0.2, 0) is 12.8 Å².